The topological polar surface area (TPSA) is 40.1 Å². The molecular weight excluding hydrogens is 148 g/mol. The van der Waals surface area contributed by atoms with E-state index in [0.717, 1.165) is 6.42 Å². The maximum absolute atomic E-state index is 10.4. The van der Waals surface area contributed by atoms with Crippen LogP contribution in [0.3, 0.4) is 0 Å². The van der Waals surface area contributed by atoms with Gasteiger partial charge in [-0.15, -0.1) is 0 Å². The van der Waals surface area contributed by atoms with Crippen LogP contribution in [0.2, 0.25) is 0 Å². The summed E-state index contributed by atoms with van der Waals surface area (Å²) >= 11 is -2.05. The van der Waals surface area contributed by atoms with Gasteiger partial charge in [-0.2, -0.15) is 0 Å². The Balaban J connectivity index is 2.76. The Kier molecular flexibility index (Phi) is 2.40. The minimum absolute atomic E-state index is 0.359. The zero-order chi connectivity index (χ0) is 7.56. The smallest absolute Gasteiger partial charge is 0.0208 e. The first-order valence-electron chi connectivity index (χ1n) is 3.18. The lowest BCUT2D eigenvalue weighted by atomic mass is 10.0. The van der Waals surface area contributed by atoms with E-state index in [4.69, 9.17) is 0 Å². The first kappa shape index (κ1) is 7.69. The van der Waals surface area contributed by atoms with Gasteiger partial charge < -0.3 is 4.55 Å². The molecule has 0 spiro atoms. The van der Waals surface area contributed by atoms with Crippen molar-refractivity contribution in [1.29, 1.82) is 0 Å². The molecule has 10 heavy (non-hydrogen) atoms. The Labute approximate surface area is 62.9 Å². The average Bonchev–Trinajstić information content (AvgIpc) is 1.88. The molecule has 0 aromatic heterocycles. The van der Waals surface area contributed by atoms with E-state index in [2.05, 4.69) is 0 Å². The zero-order valence-corrected chi connectivity index (χ0v) is 6.56. The highest BCUT2D eigenvalue weighted by molar-refractivity contribution is 7.83. The first-order valence-corrected chi connectivity index (χ1v) is 4.25. The minimum atomic E-state index is -2.05. The van der Waals surface area contributed by atoms with Crippen LogP contribution in [-0.4, -0.2) is 8.76 Å². The highest BCUT2D eigenvalue weighted by atomic mass is 32.2. The lowest BCUT2D eigenvalue weighted by Gasteiger charge is -2.13. The second kappa shape index (κ2) is 3.12. The van der Waals surface area contributed by atoms with Crippen LogP contribution in [0.25, 0.3) is 0 Å². The Hall–Kier alpha value is -0.410. The molecule has 3 heteroatoms. The summed E-state index contributed by atoms with van der Waals surface area (Å²) in [5, 5.41) is 0. The van der Waals surface area contributed by atoms with Gasteiger partial charge in [0.05, 0.1) is 0 Å². The third kappa shape index (κ3) is 1.78. The fourth-order valence-corrected chi connectivity index (χ4v) is 1.46. The molecule has 1 aliphatic carbocycles. The molecule has 0 aromatic rings. The second-order valence-corrected chi connectivity index (χ2v) is 3.36. The van der Waals surface area contributed by atoms with Crippen molar-refractivity contribution >= 4 is 11.1 Å². The summed E-state index contributed by atoms with van der Waals surface area (Å²) in [6.45, 7) is 2.00. The molecule has 1 aliphatic rings. The van der Waals surface area contributed by atoms with E-state index in [9.17, 15) is 8.76 Å². The van der Waals surface area contributed by atoms with E-state index in [-0.39, 0.29) is 0 Å². The van der Waals surface area contributed by atoms with Gasteiger partial charge in [-0.3, -0.25) is 4.21 Å². The lowest BCUT2D eigenvalue weighted by molar-refractivity contribution is 0.543. The molecule has 1 rings (SSSR count). The maximum Gasteiger partial charge on any atom is 0.0208 e. The number of allylic oxidation sites excluding steroid dienone is 3. The maximum atomic E-state index is 10.4. The largest absolute Gasteiger partial charge is 0.768 e. The van der Waals surface area contributed by atoms with Gasteiger partial charge in [-0.25, -0.2) is 0 Å². The van der Waals surface area contributed by atoms with Gasteiger partial charge in [0.2, 0.25) is 0 Å². The molecule has 0 amide bonds. The lowest BCUT2D eigenvalue weighted by Crippen LogP contribution is -1.99. The second-order valence-electron chi connectivity index (χ2n) is 2.42. The Morgan fingerprint density at radius 3 is 2.90 bits per heavy atom. The van der Waals surface area contributed by atoms with Gasteiger partial charge in [-0.05, 0) is 23.4 Å². The summed E-state index contributed by atoms with van der Waals surface area (Å²) in [6, 6.07) is 0. The van der Waals surface area contributed by atoms with Crippen molar-refractivity contribution in [2.24, 2.45) is 5.92 Å². The monoisotopic (exact) mass is 157 g/mol. The quantitative estimate of drug-likeness (QED) is 0.539. The van der Waals surface area contributed by atoms with E-state index < -0.39 is 11.1 Å². The van der Waals surface area contributed by atoms with Crippen LogP contribution in [0.15, 0.2) is 23.1 Å². The van der Waals surface area contributed by atoms with Crippen molar-refractivity contribution in [1.82, 2.24) is 0 Å². The van der Waals surface area contributed by atoms with Gasteiger partial charge in [-0.1, -0.05) is 25.2 Å². The molecule has 2 unspecified atom stereocenters. The van der Waals surface area contributed by atoms with E-state index >= 15 is 0 Å². The summed E-state index contributed by atoms with van der Waals surface area (Å²) < 4.78 is 20.8. The molecule has 0 saturated carbocycles. The van der Waals surface area contributed by atoms with Gasteiger partial charge in [0, 0.05) is 4.91 Å². The van der Waals surface area contributed by atoms with Gasteiger partial charge in [0.25, 0.3) is 0 Å². The van der Waals surface area contributed by atoms with Gasteiger partial charge >= 0.3 is 0 Å². The van der Waals surface area contributed by atoms with Crippen LogP contribution in [0.5, 0.6) is 0 Å². The minimum Gasteiger partial charge on any atom is -0.768 e. The number of rotatable bonds is 1. The first-order chi connectivity index (χ1) is 4.70. The van der Waals surface area contributed by atoms with E-state index in [1.165, 1.54) is 0 Å². The third-order valence-corrected chi connectivity index (χ3v) is 2.09. The predicted molar refractivity (Wildman–Crippen MR) is 39.9 cm³/mol. The van der Waals surface area contributed by atoms with Crippen molar-refractivity contribution < 1.29 is 8.76 Å². The van der Waals surface area contributed by atoms with Gasteiger partial charge in [0.15, 0.2) is 0 Å². The Bertz CT molecular complexity index is 206. The molecule has 0 aromatic carbocycles. The van der Waals surface area contributed by atoms with Crippen LogP contribution in [0.4, 0.5) is 0 Å². The van der Waals surface area contributed by atoms with Crippen molar-refractivity contribution in [2.45, 2.75) is 13.3 Å². The fourth-order valence-electron chi connectivity index (χ4n) is 0.914. The summed E-state index contributed by atoms with van der Waals surface area (Å²) in [5.74, 6) is 0.359. The Morgan fingerprint density at radius 1 is 1.80 bits per heavy atom. The summed E-state index contributed by atoms with van der Waals surface area (Å²) in [7, 11) is 0. The van der Waals surface area contributed by atoms with Crippen LogP contribution in [0.1, 0.15) is 13.3 Å². The SMILES string of the molecule is CC1C=C(S(=O)[O-])C=CC1. The standard InChI is InChI=1S/C7H10O2S/c1-6-3-2-4-7(5-6)10(8)9/h2,4-6H,3H2,1H3,(H,8,9)/p-1. The summed E-state index contributed by atoms with van der Waals surface area (Å²) in [6.07, 6.45) is 6.24. The molecule has 2 atom stereocenters. The summed E-state index contributed by atoms with van der Waals surface area (Å²) in [4.78, 5) is 0.416. The van der Waals surface area contributed by atoms with Crippen LogP contribution in [-0.2, 0) is 11.1 Å². The van der Waals surface area contributed by atoms with E-state index in [1.54, 1.807) is 12.2 Å². The van der Waals surface area contributed by atoms with Gasteiger partial charge in [0.1, 0.15) is 0 Å². The van der Waals surface area contributed by atoms with E-state index in [1.807, 2.05) is 13.0 Å². The molecule has 56 valence electrons. The molecule has 0 aliphatic heterocycles. The third-order valence-electron chi connectivity index (χ3n) is 1.43. The summed E-state index contributed by atoms with van der Waals surface area (Å²) in [5.41, 5.74) is 0. The molecular formula is C7H9O2S-. The average molecular weight is 157 g/mol. The van der Waals surface area contributed by atoms with Crippen molar-refractivity contribution in [2.75, 3.05) is 0 Å². The highest BCUT2D eigenvalue weighted by Gasteiger charge is 2.02. The normalized spacial score (nSPS) is 27.8. The van der Waals surface area contributed by atoms with Crippen molar-refractivity contribution in [3.63, 3.8) is 0 Å². The molecule has 0 heterocycles. The van der Waals surface area contributed by atoms with Crippen LogP contribution >= 0.6 is 0 Å². The van der Waals surface area contributed by atoms with Crippen molar-refractivity contribution in [3.8, 4) is 0 Å². The highest BCUT2D eigenvalue weighted by Crippen LogP contribution is 2.16. The number of hydrogen-bond acceptors (Lipinski definition) is 2. The molecule has 0 radical (unpaired) electrons. The Morgan fingerprint density at radius 2 is 2.50 bits per heavy atom. The fraction of sp³-hybridized carbons (Fsp3) is 0.429. The van der Waals surface area contributed by atoms with Crippen LogP contribution in [0, 0.1) is 5.92 Å². The number of hydrogen-bond donors (Lipinski definition) is 0. The van der Waals surface area contributed by atoms with Crippen LogP contribution < -0.4 is 0 Å². The zero-order valence-electron chi connectivity index (χ0n) is 5.74. The molecule has 0 bridgehead atoms. The predicted octanol–water partition coefficient (Wildman–Crippen LogP) is 1.35. The van der Waals surface area contributed by atoms with E-state index in [0.29, 0.717) is 10.8 Å². The van der Waals surface area contributed by atoms with Crippen molar-refractivity contribution in [3.05, 3.63) is 23.1 Å². The molecule has 0 N–H and O–H groups in total. The molecule has 0 saturated heterocycles. The molecule has 0 fully saturated rings. The molecule has 2 nitrogen and oxygen atoms in total.